The second-order valence-corrected chi connectivity index (χ2v) is 7.00. The fraction of sp³-hybridized carbons (Fsp3) is 0.130. The van der Waals surface area contributed by atoms with Crippen LogP contribution in [0.15, 0.2) is 71.8 Å². The van der Waals surface area contributed by atoms with Crippen LogP contribution < -0.4 is 25.0 Å². The first-order chi connectivity index (χ1) is 16.1. The molecule has 1 aliphatic heterocycles. The molecule has 168 valence electrons. The molecule has 0 bridgehead atoms. The van der Waals surface area contributed by atoms with E-state index in [-0.39, 0.29) is 31.5 Å². The minimum Gasteiger partial charge on any atom is -0.489 e. The molecule has 3 aromatic carbocycles. The number of carbonyl (C=O) groups excluding carboxylic acids is 1. The number of ether oxygens (including phenoxy) is 3. The minimum atomic E-state index is -0.441. The number of nitro groups is 1. The van der Waals surface area contributed by atoms with Gasteiger partial charge in [-0.3, -0.25) is 14.9 Å². The fourth-order valence-corrected chi connectivity index (χ4v) is 2.94. The van der Waals surface area contributed by atoms with Gasteiger partial charge in [0.2, 0.25) is 6.79 Å². The number of rotatable bonds is 9. The van der Waals surface area contributed by atoms with Gasteiger partial charge in [-0.2, -0.15) is 5.10 Å². The summed E-state index contributed by atoms with van der Waals surface area (Å²) in [6, 6.07) is 18.7. The lowest BCUT2D eigenvalue weighted by Gasteiger charge is -2.07. The Kier molecular flexibility index (Phi) is 6.64. The molecule has 0 aliphatic carbocycles. The smallest absolute Gasteiger partial charge is 0.269 e. The monoisotopic (exact) mass is 448 g/mol. The molecule has 0 atom stereocenters. The molecule has 0 saturated heterocycles. The number of nitro benzene ring substituents is 1. The van der Waals surface area contributed by atoms with Crippen molar-refractivity contribution in [2.24, 2.45) is 5.10 Å². The van der Waals surface area contributed by atoms with Crippen molar-refractivity contribution >= 4 is 23.5 Å². The molecule has 10 nitrogen and oxygen atoms in total. The molecular formula is C23H20N4O6. The molecule has 0 spiro atoms. The van der Waals surface area contributed by atoms with E-state index in [1.807, 2.05) is 0 Å². The number of benzene rings is 3. The van der Waals surface area contributed by atoms with Gasteiger partial charge in [0.1, 0.15) is 12.4 Å². The lowest BCUT2D eigenvalue weighted by Crippen LogP contribution is -2.25. The molecule has 0 unspecified atom stereocenters. The van der Waals surface area contributed by atoms with Crippen LogP contribution in [-0.4, -0.2) is 30.4 Å². The Hall–Kier alpha value is -4.60. The highest BCUT2D eigenvalue weighted by Gasteiger charge is 2.13. The van der Waals surface area contributed by atoms with Gasteiger partial charge in [0.25, 0.3) is 11.6 Å². The first-order valence-corrected chi connectivity index (χ1v) is 9.98. The van der Waals surface area contributed by atoms with Gasteiger partial charge in [-0.15, -0.1) is 0 Å². The van der Waals surface area contributed by atoms with Crippen molar-refractivity contribution in [2.45, 2.75) is 6.61 Å². The second-order valence-electron chi connectivity index (χ2n) is 7.00. The number of nitrogens with one attached hydrogen (secondary N) is 2. The van der Waals surface area contributed by atoms with Gasteiger partial charge in [0, 0.05) is 23.9 Å². The maximum atomic E-state index is 12.0. The molecule has 33 heavy (non-hydrogen) atoms. The third kappa shape index (κ3) is 5.97. The van der Waals surface area contributed by atoms with E-state index in [9.17, 15) is 14.9 Å². The Labute approximate surface area is 188 Å². The number of carbonyl (C=O) groups is 1. The first-order valence-electron chi connectivity index (χ1n) is 9.98. The summed E-state index contributed by atoms with van der Waals surface area (Å²) in [5.74, 6) is 1.66. The summed E-state index contributed by atoms with van der Waals surface area (Å²) in [5.41, 5.74) is 4.84. The lowest BCUT2D eigenvalue weighted by molar-refractivity contribution is -0.384. The molecule has 1 heterocycles. The Morgan fingerprint density at radius 1 is 1.06 bits per heavy atom. The van der Waals surface area contributed by atoms with Gasteiger partial charge in [0.15, 0.2) is 11.5 Å². The minimum absolute atomic E-state index is 0.0400. The van der Waals surface area contributed by atoms with Crippen LogP contribution in [0.5, 0.6) is 17.2 Å². The summed E-state index contributed by atoms with van der Waals surface area (Å²) in [4.78, 5) is 22.2. The van der Waals surface area contributed by atoms with Crippen LogP contribution in [0.1, 0.15) is 11.1 Å². The zero-order valence-corrected chi connectivity index (χ0v) is 17.4. The predicted molar refractivity (Wildman–Crippen MR) is 121 cm³/mol. The van der Waals surface area contributed by atoms with Crippen LogP contribution in [0.2, 0.25) is 0 Å². The van der Waals surface area contributed by atoms with Crippen LogP contribution in [0.25, 0.3) is 0 Å². The van der Waals surface area contributed by atoms with Gasteiger partial charge in [-0.05, 0) is 59.7 Å². The molecule has 1 amide bonds. The number of amides is 1. The zero-order valence-electron chi connectivity index (χ0n) is 17.4. The summed E-state index contributed by atoms with van der Waals surface area (Å²) in [7, 11) is 0. The molecule has 0 aromatic heterocycles. The Balaban J connectivity index is 1.20. The quantitative estimate of drug-likeness (QED) is 0.292. The number of nitrogens with zero attached hydrogens (tertiary/aromatic N) is 2. The van der Waals surface area contributed by atoms with Gasteiger partial charge < -0.3 is 19.5 Å². The average Bonchev–Trinajstić information content (AvgIpc) is 3.30. The number of fused-ring (bicyclic) bond motifs is 1. The van der Waals surface area contributed by atoms with Crippen molar-refractivity contribution in [1.82, 2.24) is 5.43 Å². The van der Waals surface area contributed by atoms with Crippen LogP contribution in [-0.2, 0) is 11.4 Å². The van der Waals surface area contributed by atoms with Crippen LogP contribution in [0.3, 0.4) is 0 Å². The normalized spacial score (nSPS) is 11.9. The lowest BCUT2D eigenvalue weighted by atomic mass is 10.2. The first kappa shape index (κ1) is 21.6. The van der Waals surface area contributed by atoms with Gasteiger partial charge in [-0.25, -0.2) is 5.43 Å². The number of hydrazone groups is 1. The standard InChI is InChI=1S/C23H20N4O6/c28-23(13-24-18-5-10-21-22(11-18)33-15-32-21)26-25-12-16-3-8-20(9-4-16)31-14-17-1-6-19(7-2-17)27(29)30/h1-12,24H,13-15H2,(H,26,28)/b25-12+. The van der Waals surface area contributed by atoms with Crippen LogP contribution >= 0.6 is 0 Å². The highest BCUT2D eigenvalue weighted by atomic mass is 16.7. The highest BCUT2D eigenvalue weighted by Crippen LogP contribution is 2.34. The van der Waals surface area contributed by atoms with Crippen molar-refractivity contribution < 1.29 is 23.9 Å². The molecule has 3 aromatic rings. The molecule has 0 saturated carbocycles. The van der Waals surface area contributed by atoms with Crippen molar-refractivity contribution in [2.75, 3.05) is 18.7 Å². The van der Waals surface area contributed by atoms with E-state index in [1.165, 1.54) is 18.3 Å². The zero-order chi connectivity index (χ0) is 23.0. The fourth-order valence-electron chi connectivity index (χ4n) is 2.94. The molecule has 10 heteroatoms. The molecule has 0 radical (unpaired) electrons. The van der Waals surface area contributed by atoms with E-state index in [0.717, 1.165) is 16.8 Å². The van der Waals surface area contributed by atoms with E-state index in [0.29, 0.717) is 17.2 Å². The number of hydrogen-bond acceptors (Lipinski definition) is 8. The summed E-state index contributed by atoms with van der Waals surface area (Å²) in [6.45, 7) is 0.533. The maximum absolute atomic E-state index is 12.0. The van der Waals surface area contributed by atoms with Crippen LogP contribution in [0, 0.1) is 10.1 Å². The van der Waals surface area contributed by atoms with Gasteiger partial charge in [0.05, 0.1) is 17.7 Å². The number of non-ortho nitro benzene ring substituents is 1. The van der Waals surface area contributed by atoms with Crippen molar-refractivity contribution in [1.29, 1.82) is 0 Å². The Bertz CT molecular complexity index is 1160. The third-order valence-corrected chi connectivity index (χ3v) is 4.66. The highest BCUT2D eigenvalue weighted by molar-refractivity contribution is 5.84. The van der Waals surface area contributed by atoms with Crippen molar-refractivity contribution in [3.63, 3.8) is 0 Å². The molecule has 0 fully saturated rings. The van der Waals surface area contributed by atoms with Gasteiger partial charge in [-0.1, -0.05) is 0 Å². The molecule has 2 N–H and O–H groups in total. The van der Waals surface area contributed by atoms with Crippen molar-refractivity contribution in [3.8, 4) is 17.2 Å². The number of anilines is 1. The second kappa shape index (κ2) is 10.1. The predicted octanol–water partition coefficient (Wildman–Crippen LogP) is 3.46. The van der Waals surface area contributed by atoms with E-state index in [1.54, 1.807) is 54.6 Å². The molecule has 1 aliphatic rings. The van der Waals surface area contributed by atoms with E-state index < -0.39 is 4.92 Å². The molecular weight excluding hydrogens is 428 g/mol. The summed E-state index contributed by atoms with van der Waals surface area (Å²) in [5, 5.41) is 17.6. The van der Waals surface area contributed by atoms with Crippen molar-refractivity contribution in [3.05, 3.63) is 88.0 Å². The summed E-state index contributed by atoms with van der Waals surface area (Å²) >= 11 is 0. The average molecular weight is 448 g/mol. The number of hydrogen-bond donors (Lipinski definition) is 2. The Morgan fingerprint density at radius 2 is 1.82 bits per heavy atom. The van der Waals surface area contributed by atoms with Crippen LogP contribution in [0.4, 0.5) is 11.4 Å². The van der Waals surface area contributed by atoms with E-state index in [4.69, 9.17) is 14.2 Å². The van der Waals surface area contributed by atoms with E-state index in [2.05, 4.69) is 15.8 Å². The third-order valence-electron chi connectivity index (χ3n) is 4.66. The summed E-state index contributed by atoms with van der Waals surface area (Å²) < 4.78 is 16.2. The topological polar surface area (TPSA) is 124 Å². The Morgan fingerprint density at radius 3 is 2.58 bits per heavy atom. The maximum Gasteiger partial charge on any atom is 0.269 e. The van der Waals surface area contributed by atoms with Gasteiger partial charge >= 0.3 is 0 Å². The summed E-state index contributed by atoms with van der Waals surface area (Å²) in [6.07, 6.45) is 1.53. The molecule has 4 rings (SSSR count). The van der Waals surface area contributed by atoms with E-state index >= 15 is 0 Å². The largest absolute Gasteiger partial charge is 0.489 e. The SMILES string of the molecule is O=C(CNc1ccc2c(c1)OCO2)N/N=C/c1ccc(OCc2ccc([N+](=O)[O-])cc2)cc1.